The van der Waals surface area contributed by atoms with E-state index in [1.807, 2.05) is 0 Å². The normalized spacial score (nSPS) is 11.2. The topological polar surface area (TPSA) is 66.9 Å². The van der Waals surface area contributed by atoms with E-state index in [-0.39, 0.29) is 22.9 Å². The van der Waals surface area contributed by atoms with Gasteiger partial charge in [-0.1, -0.05) is 6.07 Å². The van der Waals surface area contributed by atoms with Gasteiger partial charge in [0.05, 0.1) is 11.1 Å². The van der Waals surface area contributed by atoms with Crippen LogP contribution in [-0.4, -0.2) is 15.9 Å². The Morgan fingerprint density at radius 1 is 0.893 bits per heavy atom. The summed E-state index contributed by atoms with van der Waals surface area (Å²) in [5.74, 6) is -2.86. The molecule has 0 saturated carbocycles. The van der Waals surface area contributed by atoms with Crippen LogP contribution in [-0.2, 0) is 6.18 Å². The zero-order valence-electron chi connectivity index (χ0n) is 13.9. The number of amides is 1. The summed E-state index contributed by atoms with van der Waals surface area (Å²) in [5, 5.41) is 4.95. The molecule has 28 heavy (non-hydrogen) atoms. The smallest absolute Gasteiger partial charge is 0.324 e. The monoisotopic (exact) mass is 394 g/mol. The van der Waals surface area contributed by atoms with Crippen molar-refractivity contribution >= 4 is 23.2 Å². The minimum Gasteiger partial charge on any atom is -0.324 e. The molecule has 0 bridgehead atoms. The molecule has 0 radical (unpaired) electrons. The molecule has 0 saturated heterocycles. The summed E-state index contributed by atoms with van der Waals surface area (Å²) in [5.41, 5.74) is -0.664. The predicted octanol–water partition coefficient (Wildman–Crippen LogP) is 4.77. The molecule has 0 aliphatic heterocycles. The SMILES string of the molecule is O=C(Nc1ccc(F)c(F)c1)c1cnc(Nc2cccc(C(F)(F)F)c2)nc1. The van der Waals surface area contributed by atoms with Gasteiger partial charge in [0.1, 0.15) is 0 Å². The van der Waals surface area contributed by atoms with Crippen LogP contribution < -0.4 is 10.6 Å². The number of anilines is 3. The first kappa shape index (κ1) is 19.2. The van der Waals surface area contributed by atoms with Crippen molar-refractivity contribution in [2.75, 3.05) is 10.6 Å². The highest BCUT2D eigenvalue weighted by molar-refractivity contribution is 6.03. The summed E-state index contributed by atoms with van der Waals surface area (Å²) in [6.45, 7) is 0. The van der Waals surface area contributed by atoms with Crippen LogP contribution in [0.4, 0.5) is 39.3 Å². The van der Waals surface area contributed by atoms with Crippen LogP contribution in [0.5, 0.6) is 0 Å². The van der Waals surface area contributed by atoms with Crippen LogP contribution in [0.3, 0.4) is 0 Å². The van der Waals surface area contributed by atoms with E-state index in [9.17, 15) is 26.7 Å². The second kappa shape index (κ2) is 7.59. The van der Waals surface area contributed by atoms with Crippen molar-refractivity contribution in [3.05, 3.63) is 77.6 Å². The van der Waals surface area contributed by atoms with Crippen molar-refractivity contribution in [2.24, 2.45) is 0 Å². The lowest BCUT2D eigenvalue weighted by atomic mass is 10.2. The summed E-state index contributed by atoms with van der Waals surface area (Å²) < 4.78 is 64.2. The number of aromatic nitrogens is 2. The fourth-order valence-electron chi connectivity index (χ4n) is 2.19. The highest BCUT2D eigenvalue weighted by Gasteiger charge is 2.30. The molecule has 3 rings (SSSR count). The molecule has 2 N–H and O–H groups in total. The summed E-state index contributed by atoms with van der Waals surface area (Å²) >= 11 is 0. The third-order valence-corrected chi connectivity index (χ3v) is 3.54. The number of carbonyl (C=O) groups excluding carboxylic acids is 1. The van der Waals surface area contributed by atoms with Gasteiger partial charge < -0.3 is 10.6 Å². The third-order valence-electron chi connectivity index (χ3n) is 3.54. The van der Waals surface area contributed by atoms with Gasteiger partial charge in [0.2, 0.25) is 5.95 Å². The first-order chi connectivity index (χ1) is 13.2. The molecule has 0 unspecified atom stereocenters. The number of benzene rings is 2. The van der Waals surface area contributed by atoms with E-state index in [0.29, 0.717) is 0 Å². The Morgan fingerprint density at radius 2 is 1.61 bits per heavy atom. The molecule has 144 valence electrons. The molecule has 2 aromatic carbocycles. The summed E-state index contributed by atoms with van der Waals surface area (Å²) in [6, 6.07) is 7.32. The number of halogens is 5. The van der Waals surface area contributed by atoms with Gasteiger partial charge in [-0.15, -0.1) is 0 Å². The second-order valence-corrected chi connectivity index (χ2v) is 5.58. The van der Waals surface area contributed by atoms with Crippen molar-refractivity contribution in [1.82, 2.24) is 9.97 Å². The fraction of sp³-hybridized carbons (Fsp3) is 0.0556. The Labute approximate surface area is 155 Å². The Kier molecular flexibility index (Phi) is 5.21. The van der Waals surface area contributed by atoms with Gasteiger partial charge >= 0.3 is 6.18 Å². The molecule has 1 amide bonds. The molecule has 5 nitrogen and oxygen atoms in total. The molecule has 0 atom stereocenters. The number of hydrogen-bond donors (Lipinski definition) is 2. The van der Waals surface area contributed by atoms with Crippen molar-refractivity contribution in [2.45, 2.75) is 6.18 Å². The number of nitrogens with zero attached hydrogens (tertiary/aromatic N) is 2. The van der Waals surface area contributed by atoms with Crippen molar-refractivity contribution < 1.29 is 26.7 Å². The molecule has 0 fully saturated rings. The van der Waals surface area contributed by atoms with E-state index < -0.39 is 29.3 Å². The van der Waals surface area contributed by atoms with Crippen LogP contribution in [0.15, 0.2) is 54.9 Å². The highest BCUT2D eigenvalue weighted by Crippen LogP contribution is 2.31. The van der Waals surface area contributed by atoms with Gasteiger partial charge in [0.15, 0.2) is 11.6 Å². The Hall–Kier alpha value is -3.56. The Balaban J connectivity index is 1.69. The Bertz CT molecular complexity index is 1010. The molecular formula is C18H11F5N4O. The minimum absolute atomic E-state index is 0.0133. The highest BCUT2D eigenvalue weighted by atomic mass is 19.4. The van der Waals surface area contributed by atoms with Crippen LogP contribution in [0.2, 0.25) is 0 Å². The molecule has 1 heterocycles. The lowest BCUT2D eigenvalue weighted by Gasteiger charge is -2.10. The van der Waals surface area contributed by atoms with Crippen LogP contribution >= 0.6 is 0 Å². The molecule has 10 heteroatoms. The van der Waals surface area contributed by atoms with Crippen LogP contribution in [0.1, 0.15) is 15.9 Å². The van der Waals surface area contributed by atoms with E-state index in [0.717, 1.165) is 36.7 Å². The number of hydrogen-bond acceptors (Lipinski definition) is 4. The molecule has 0 spiro atoms. The average Bonchev–Trinajstić information content (AvgIpc) is 2.65. The molecule has 3 aromatic rings. The Morgan fingerprint density at radius 3 is 2.25 bits per heavy atom. The zero-order chi connectivity index (χ0) is 20.3. The molecule has 0 aliphatic carbocycles. The van der Waals surface area contributed by atoms with Gasteiger partial charge in [-0.2, -0.15) is 13.2 Å². The van der Waals surface area contributed by atoms with Crippen LogP contribution in [0, 0.1) is 11.6 Å². The number of alkyl halides is 3. The number of nitrogens with one attached hydrogen (secondary N) is 2. The van der Waals surface area contributed by atoms with E-state index in [4.69, 9.17) is 0 Å². The molecule has 1 aromatic heterocycles. The maximum absolute atomic E-state index is 13.2. The van der Waals surface area contributed by atoms with E-state index in [1.165, 1.54) is 18.2 Å². The van der Waals surface area contributed by atoms with Crippen molar-refractivity contribution in [1.29, 1.82) is 0 Å². The van der Waals surface area contributed by atoms with Crippen LogP contribution in [0.25, 0.3) is 0 Å². The van der Waals surface area contributed by atoms with Gasteiger partial charge in [-0.3, -0.25) is 4.79 Å². The second-order valence-electron chi connectivity index (χ2n) is 5.58. The lowest BCUT2D eigenvalue weighted by molar-refractivity contribution is -0.137. The maximum Gasteiger partial charge on any atom is 0.416 e. The summed E-state index contributed by atoms with van der Waals surface area (Å²) in [4.78, 5) is 19.8. The number of carbonyl (C=O) groups is 1. The quantitative estimate of drug-likeness (QED) is 0.626. The molecule has 0 aliphatic rings. The number of rotatable bonds is 4. The third kappa shape index (κ3) is 4.58. The summed E-state index contributed by atoms with van der Waals surface area (Å²) in [7, 11) is 0. The zero-order valence-corrected chi connectivity index (χ0v) is 13.9. The maximum atomic E-state index is 13.2. The van der Waals surface area contributed by atoms with Gasteiger partial charge in [-0.05, 0) is 30.3 Å². The summed E-state index contributed by atoms with van der Waals surface area (Å²) in [6.07, 6.45) is -2.21. The fourth-order valence-corrected chi connectivity index (χ4v) is 2.19. The first-order valence-electron chi connectivity index (χ1n) is 7.75. The van der Waals surface area contributed by atoms with E-state index in [2.05, 4.69) is 20.6 Å². The lowest BCUT2D eigenvalue weighted by Crippen LogP contribution is -2.13. The first-order valence-corrected chi connectivity index (χ1v) is 7.75. The van der Waals surface area contributed by atoms with E-state index in [1.54, 1.807) is 0 Å². The van der Waals surface area contributed by atoms with Crippen molar-refractivity contribution in [3.8, 4) is 0 Å². The van der Waals surface area contributed by atoms with Gasteiger partial charge in [-0.25, -0.2) is 18.7 Å². The van der Waals surface area contributed by atoms with Gasteiger partial charge in [0, 0.05) is 29.8 Å². The average molecular weight is 394 g/mol. The van der Waals surface area contributed by atoms with E-state index >= 15 is 0 Å². The standard InChI is InChI=1S/C18H11F5N4O/c19-14-5-4-13(7-15(14)20)26-16(28)10-8-24-17(25-9-10)27-12-3-1-2-11(6-12)18(21,22)23/h1-9H,(H,26,28)(H,24,25,27). The minimum atomic E-state index is -4.49. The van der Waals surface area contributed by atoms with Crippen molar-refractivity contribution in [3.63, 3.8) is 0 Å². The largest absolute Gasteiger partial charge is 0.416 e. The van der Waals surface area contributed by atoms with Gasteiger partial charge in [0.25, 0.3) is 5.91 Å². The predicted molar refractivity (Wildman–Crippen MR) is 91.1 cm³/mol. The molecular weight excluding hydrogens is 383 g/mol.